The molecule has 31 heavy (non-hydrogen) atoms. The smallest absolute Gasteiger partial charge is 0.223 e. The minimum atomic E-state index is -3.05. The first-order valence-electron chi connectivity index (χ1n) is 10.4. The van der Waals surface area contributed by atoms with Crippen molar-refractivity contribution in [1.29, 1.82) is 0 Å². The number of aromatic nitrogens is 2. The maximum atomic E-state index is 12.8. The molecule has 0 saturated heterocycles. The summed E-state index contributed by atoms with van der Waals surface area (Å²) in [4.78, 5) is 8.76. The Hall–Kier alpha value is -1.29. The Kier molecular flexibility index (Phi) is 6.09. The number of nitrogens with one attached hydrogen (secondary N) is 1. The molecule has 0 amide bonds. The Morgan fingerprint density at radius 2 is 1.87 bits per heavy atom. The molecule has 4 rings (SSSR count). The second-order valence-corrected chi connectivity index (χ2v) is 14.3. The van der Waals surface area contributed by atoms with Crippen molar-refractivity contribution in [2.75, 3.05) is 6.26 Å². The Morgan fingerprint density at radius 1 is 1.19 bits per heavy atom. The fraction of sp³-hybridized carbons (Fsp3) is 0.619. The summed E-state index contributed by atoms with van der Waals surface area (Å²) in [6.45, 7) is 5.82. The zero-order chi connectivity index (χ0) is 22.6. The second kappa shape index (κ2) is 8.24. The van der Waals surface area contributed by atoms with Crippen LogP contribution >= 0.6 is 11.6 Å². The molecule has 2 atom stereocenters. The van der Waals surface area contributed by atoms with Crippen LogP contribution in [-0.2, 0) is 20.8 Å². The SMILES string of the molecule is CC(C)(C)[S@](=O)NC(c1cnc(OC2CC(S(C)(=O)=O)C2)c2cnc(Cl)cc12)C1CC1. The Balaban J connectivity index is 1.65. The molecule has 2 saturated carbocycles. The minimum absolute atomic E-state index is 0.110. The van der Waals surface area contributed by atoms with Gasteiger partial charge in [0.05, 0.1) is 26.4 Å². The lowest BCUT2D eigenvalue weighted by Gasteiger charge is -2.34. The zero-order valence-corrected chi connectivity index (χ0v) is 20.5. The predicted molar refractivity (Wildman–Crippen MR) is 123 cm³/mol. The van der Waals surface area contributed by atoms with Gasteiger partial charge in [0.2, 0.25) is 5.88 Å². The van der Waals surface area contributed by atoms with Gasteiger partial charge in [0.15, 0.2) is 9.84 Å². The highest BCUT2D eigenvalue weighted by atomic mass is 35.5. The molecule has 2 aromatic heterocycles. The lowest BCUT2D eigenvalue weighted by atomic mass is 9.95. The van der Waals surface area contributed by atoms with Crippen LogP contribution in [0.3, 0.4) is 0 Å². The van der Waals surface area contributed by atoms with E-state index in [2.05, 4.69) is 14.7 Å². The van der Waals surface area contributed by atoms with E-state index in [-0.39, 0.29) is 22.1 Å². The van der Waals surface area contributed by atoms with Crippen molar-refractivity contribution in [3.8, 4) is 5.88 Å². The molecule has 2 aliphatic carbocycles. The third kappa shape index (κ3) is 5.05. The van der Waals surface area contributed by atoms with Gasteiger partial charge in [-0.25, -0.2) is 27.3 Å². The number of sulfone groups is 1. The van der Waals surface area contributed by atoms with Crippen LogP contribution in [0.1, 0.15) is 58.1 Å². The second-order valence-electron chi connectivity index (χ2n) is 9.55. The number of hydrogen-bond acceptors (Lipinski definition) is 6. The maximum Gasteiger partial charge on any atom is 0.223 e. The third-order valence-corrected chi connectivity index (χ3v) is 9.27. The first kappa shape index (κ1) is 22.9. The van der Waals surface area contributed by atoms with Crippen LogP contribution in [0, 0.1) is 5.92 Å². The zero-order valence-electron chi connectivity index (χ0n) is 18.1. The normalized spacial score (nSPS) is 23.9. The van der Waals surface area contributed by atoms with Crippen LogP contribution in [0.4, 0.5) is 0 Å². The van der Waals surface area contributed by atoms with Gasteiger partial charge < -0.3 is 4.74 Å². The summed E-state index contributed by atoms with van der Waals surface area (Å²) < 4.78 is 45.1. The van der Waals surface area contributed by atoms with Crippen molar-refractivity contribution < 1.29 is 17.4 Å². The quantitative estimate of drug-likeness (QED) is 0.600. The van der Waals surface area contributed by atoms with Gasteiger partial charge in [0.1, 0.15) is 11.3 Å². The highest BCUT2D eigenvalue weighted by Gasteiger charge is 2.39. The molecule has 2 aliphatic rings. The van der Waals surface area contributed by atoms with Crippen LogP contribution < -0.4 is 9.46 Å². The number of fused-ring (bicyclic) bond motifs is 1. The van der Waals surface area contributed by atoms with Crippen molar-refractivity contribution in [2.24, 2.45) is 5.92 Å². The monoisotopic (exact) mass is 485 g/mol. The van der Waals surface area contributed by atoms with Crippen LogP contribution in [0.2, 0.25) is 5.15 Å². The summed E-state index contributed by atoms with van der Waals surface area (Å²) >= 11 is 6.22. The Labute approximate surface area is 190 Å². The Bertz CT molecular complexity index is 1120. The van der Waals surface area contributed by atoms with Crippen molar-refractivity contribution in [2.45, 2.75) is 68.6 Å². The molecule has 2 heterocycles. The standard InChI is InChI=1S/C21H28ClN3O4S2/c1-21(2,3)30(26)25-19(12-5-6-12)16-10-24-20(17-11-23-18(22)9-15(16)17)29-13-7-14(8-13)31(4,27)28/h9-14,19,25H,5-8H2,1-4H3/t13?,14?,19?,30-/m0/s1. The molecule has 1 N–H and O–H groups in total. The van der Waals surface area contributed by atoms with E-state index in [1.807, 2.05) is 20.8 Å². The van der Waals surface area contributed by atoms with E-state index in [1.165, 1.54) is 6.26 Å². The highest BCUT2D eigenvalue weighted by Crippen LogP contribution is 2.44. The van der Waals surface area contributed by atoms with Gasteiger partial charge in [-0.3, -0.25) is 0 Å². The van der Waals surface area contributed by atoms with Gasteiger partial charge in [0.25, 0.3) is 0 Å². The van der Waals surface area contributed by atoms with Gasteiger partial charge >= 0.3 is 0 Å². The van der Waals surface area contributed by atoms with E-state index in [0.717, 1.165) is 29.2 Å². The van der Waals surface area contributed by atoms with E-state index >= 15 is 0 Å². The molecule has 1 unspecified atom stereocenters. The molecular formula is C21H28ClN3O4S2. The number of halogens is 1. The van der Waals surface area contributed by atoms with E-state index in [9.17, 15) is 12.6 Å². The van der Waals surface area contributed by atoms with Crippen LogP contribution in [0.5, 0.6) is 5.88 Å². The van der Waals surface area contributed by atoms with Crippen LogP contribution in [0.15, 0.2) is 18.5 Å². The molecule has 0 radical (unpaired) electrons. The lowest BCUT2D eigenvalue weighted by molar-refractivity contribution is 0.119. The van der Waals surface area contributed by atoms with Crippen molar-refractivity contribution in [3.05, 3.63) is 29.2 Å². The molecule has 7 nitrogen and oxygen atoms in total. The molecule has 2 fully saturated rings. The van der Waals surface area contributed by atoms with E-state index < -0.39 is 20.8 Å². The average Bonchev–Trinajstić information content (AvgIpc) is 3.45. The van der Waals surface area contributed by atoms with Gasteiger partial charge in [0, 0.05) is 37.5 Å². The summed E-state index contributed by atoms with van der Waals surface area (Å²) in [6, 6.07) is 1.68. The van der Waals surface area contributed by atoms with Crippen molar-refractivity contribution in [3.63, 3.8) is 0 Å². The largest absolute Gasteiger partial charge is 0.474 e. The summed E-state index contributed by atoms with van der Waals surface area (Å²) in [5.74, 6) is 0.809. The number of pyridine rings is 2. The molecule has 10 heteroatoms. The summed E-state index contributed by atoms with van der Waals surface area (Å²) in [5, 5.41) is 1.59. The average molecular weight is 486 g/mol. The summed E-state index contributed by atoms with van der Waals surface area (Å²) in [5.41, 5.74) is 0.925. The number of rotatable bonds is 7. The Morgan fingerprint density at radius 3 is 2.45 bits per heavy atom. The van der Waals surface area contributed by atoms with Crippen LogP contribution in [0.25, 0.3) is 10.8 Å². The number of nitrogens with zero attached hydrogens (tertiary/aromatic N) is 2. The fourth-order valence-electron chi connectivity index (χ4n) is 3.70. The molecule has 0 aromatic carbocycles. The minimum Gasteiger partial charge on any atom is -0.474 e. The molecule has 0 spiro atoms. The fourth-order valence-corrected chi connectivity index (χ4v) is 5.89. The van der Waals surface area contributed by atoms with Gasteiger partial charge in [-0.2, -0.15) is 0 Å². The summed E-state index contributed by atoms with van der Waals surface area (Å²) in [7, 11) is -4.28. The maximum absolute atomic E-state index is 12.8. The van der Waals surface area contributed by atoms with E-state index in [1.54, 1.807) is 18.5 Å². The van der Waals surface area contributed by atoms with E-state index in [4.69, 9.17) is 16.3 Å². The van der Waals surface area contributed by atoms with Gasteiger partial charge in [-0.05, 0) is 56.5 Å². The first-order chi connectivity index (χ1) is 14.4. The molecular weight excluding hydrogens is 458 g/mol. The molecule has 2 aromatic rings. The van der Waals surface area contributed by atoms with Crippen LogP contribution in [-0.4, -0.2) is 45.0 Å². The number of hydrogen-bond donors (Lipinski definition) is 1. The van der Waals surface area contributed by atoms with Gasteiger partial charge in [-0.1, -0.05) is 11.6 Å². The first-order valence-corrected chi connectivity index (χ1v) is 13.9. The summed E-state index contributed by atoms with van der Waals surface area (Å²) in [6.07, 6.45) is 7.51. The highest BCUT2D eigenvalue weighted by molar-refractivity contribution is 7.91. The molecule has 170 valence electrons. The predicted octanol–water partition coefficient (Wildman–Crippen LogP) is 3.74. The van der Waals surface area contributed by atoms with Crippen molar-refractivity contribution >= 4 is 43.2 Å². The number of ether oxygens (including phenoxy) is 1. The topological polar surface area (TPSA) is 98.2 Å². The van der Waals surface area contributed by atoms with E-state index in [0.29, 0.717) is 29.8 Å². The third-order valence-electron chi connectivity index (χ3n) is 5.89. The lowest BCUT2D eigenvalue weighted by Crippen LogP contribution is -2.42. The van der Waals surface area contributed by atoms with Crippen molar-refractivity contribution in [1.82, 2.24) is 14.7 Å². The van der Waals surface area contributed by atoms with Gasteiger partial charge in [-0.15, -0.1) is 0 Å². The molecule has 0 aliphatic heterocycles. The molecule has 0 bridgehead atoms.